The van der Waals surface area contributed by atoms with Crippen molar-refractivity contribution in [2.75, 3.05) is 13.1 Å². The molecule has 1 nitrogen and oxygen atoms in total. The molecule has 1 fully saturated rings. The van der Waals surface area contributed by atoms with Crippen LogP contribution in [-0.2, 0) is 6.42 Å². The first kappa shape index (κ1) is 12.5. The third kappa shape index (κ3) is 3.80. The van der Waals surface area contributed by atoms with E-state index >= 15 is 0 Å². The zero-order valence-corrected chi connectivity index (χ0v) is 9.52. The van der Waals surface area contributed by atoms with Crippen LogP contribution in [0.1, 0.15) is 18.4 Å². The zero-order valence-electron chi connectivity index (χ0n) is 8.71. The third-order valence-electron chi connectivity index (χ3n) is 2.89. The molecule has 84 valence electrons. The largest absolute Gasteiger partial charge is 0.316 e. The highest BCUT2D eigenvalue weighted by atomic mass is 35.5. The third-order valence-corrected chi connectivity index (χ3v) is 2.89. The molecule has 0 aromatic heterocycles. The maximum absolute atomic E-state index is 12.9. The van der Waals surface area contributed by atoms with E-state index in [4.69, 9.17) is 0 Å². The van der Waals surface area contributed by atoms with E-state index in [9.17, 15) is 4.39 Å². The van der Waals surface area contributed by atoms with Crippen molar-refractivity contribution >= 4 is 12.4 Å². The Morgan fingerprint density at radius 2 is 2.27 bits per heavy atom. The molecule has 0 bridgehead atoms. The summed E-state index contributed by atoms with van der Waals surface area (Å²) in [5.74, 6) is 0.672. The van der Waals surface area contributed by atoms with Crippen molar-refractivity contribution in [1.29, 1.82) is 0 Å². The number of hydrogen-bond acceptors (Lipinski definition) is 1. The molecule has 0 radical (unpaired) electrons. The second kappa shape index (κ2) is 6.09. The molecule has 1 aliphatic rings. The lowest BCUT2D eigenvalue weighted by Crippen LogP contribution is -2.09. The van der Waals surface area contributed by atoms with Gasteiger partial charge in [-0.15, -0.1) is 12.4 Å². The fraction of sp³-hybridized carbons (Fsp3) is 0.500. The Morgan fingerprint density at radius 3 is 2.93 bits per heavy atom. The van der Waals surface area contributed by atoms with E-state index in [1.54, 1.807) is 12.1 Å². The van der Waals surface area contributed by atoms with Gasteiger partial charge in [0.25, 0.3) is 0 Å². The summed E-state index contributed by atoms with van der Waals surface area (Å²) in [7, 11) is 0. The van der Waals surface area contributed by atoms with E-state index in [-0.39, 0.29) is 18.2 Å². The Bertz CT molecular complexity index is 297. The summed E-state index contributed by atoms with van der Waals surface area (Å²) in [5.41, 5.74) is 1.12. The molecule has 15 heavy (non-hydrogen) atoms. The van der Waals surface area contributed by atoms with Crippen LogP contribution in [0.5, 0.6) is 0 Å². The molecule has 1 N–H and O–H groups in total. The standard InChI is InChI=1S/C12H16FN.ClH/c13-12-3-1-2-10(8-12)4-5-11-6-7-14-9-11;/h1-3,8,11,14H,4-7,9H2;1H. The minimum absolute atomic E-state index is 0. The molecular weight excluding hydrogens is 213 g/mol. The van der Waals surface area contributed by atoms with Crippen LogP contribution in [-0.4, -0.2) is 13.1 Å². The smallest absolute Gasteiger partial charge is 0.123 e. The van der Waals surface area contributed by atoms with Crippen molar-refractivity contribution in [2.45, 2.75) is 19.3 Å². The molecule has 1 heterocycles. The van der Waals surface area contributed by atoms with Crippen LogP contribution in [0.4, 0.5) is 4.39 Å². The van der Waals surface area contributed by atoms with E-state index in [2.05, 4.69) is 5.32 Å². The Balaban J connectivity index is 0.00000112. The van der Waals surface area contributed by atoms with Gasteiger partial charge in [-0.05, 0) is 56.0 Å². The number of halogens is 2. The predicted octanol–water partition coefficient (Wildman–Crippen LogP) is 2.79. The van der Waals surface area contributed by atoms with Gasteiger partial charge in [0.1, 0.15) is 5.82 Å². The van der Waals surface area contributed by atoms with Gasteiger partial charge in [0.2, 0.25) is 0 Å². The molecule has 1 unspecified atom stereocenters. The molecule has 0 aliphatic carbocycles. The first-order valence-corrected chi connectivity index (χ1v) is 5.30. The quantitative estimate of drug-likeness (QED) is 0.841. The molecule has 1 saturated heterocycles. The summed E-state index contributed by atoms with van der Waals surface area (Å²) < 4.78 is 12.9. The number of hydrogen-bond donors (Lipinski definition) is 1. The van der Waals surface area contributed by atoms with Crippen LogP contribution >= 0.6 is 12.4 Å². The van der Waals surface area contributed by atoms with E-state index in [0.29, 0.717) is 0 Å². The van der Waals surface area contributed by atoms with Gasteiger partial charge < -0.3 is 5.32 Å². The van der Waals surface area contributed by atoms with Gasteiger partial charge in [0.05, 0.1) is 0 Å². The topological polar surface area (TPSA) is 12.0 Å². The SMILES string of the molecule is Cl.Fc1cccc(CCC2CCNC2)c1. The lowest BCUT2D eigenvalue weighted by molar-refractivity contribution is 0.531. The summed E-state index contributed by atoms with van der Waals surface area (Å²) in [6.07, 6.45) is 3.45. The molecule has 2 rings (SSSR count). The highest BCUT2D eigenvalue weighted by Gasteiger charge is 2.13. The van der Waals surface area contributed by atoms with Crippen molar-refractivity contribution in [1.82, 2.24) is 5.32 Å². The Morgan fingerprint density at radius 1 is 1.40 bits per heavy atom. The van der Waals surface area contributed by atoms with Crippen molar-refractivity contribution < 1.29 is 4.39 Å². The molecule has 0 saturated carbocycles. The Kier molecular flexibility index (Phi) is 5.06. The number of nitrogens with one attached hydrogen (secondary N) is 1. The minimum atomic E-state index is -0.118. The van der Waals surface area contributed by atoms with Gasteiger partial charge >= 0.3 is 0 Å². The van der Waals surface area contributed by atoms with Crippen LogP contribution < -0.4 is 5.32 Å². The van der Waals surface area contributed by atoms with E-state index in [1.807, 2.05) is 6.07 Å². The van der Waals surface area contributed by atoms with Gasteiger partial charge in [-0.3, -0.25) is 0 Å². The van der Waals surface area contributed by atoms with Crippen molar-refractivity contribution in [3.05, 3.63) is 35.6 Å². The van der Waals surface area contributed by atoms with Gasteiger partial charge in [-0.2, -0.15) is 0 Å². The van der Waals surface area contributed by atoms with E-state index in [0.717, 1.165) is 31.0 Å². The van der Waals surface area contributed by atoms with Crippen molar-refractivity contribution in [2.24, 2.45) is 5.92 Å². The molecule has 1 aromatic rings. The first-order valence-electron chi connectivity index (χ1n) is 5.30. The van der Waals surface area contributed by atoms with Gasteiger partial charge in [-0.1, -0.05) is 12.1 Å². The summed E-state index contributed by atoms with van der Waals surface area (Å²) in [6.45, 7) is 2.28. The number of aryl methyl sites for hydroxylation is 1. The monoisotopic (exact) mass is 229 g/mol. The van der Waals surface area contributed by atoms with Crippen LogP contribution in [0.2, 0.25) is 0 Å². The number of rotatable bonds is 3. The predicted molar refractivity (Wildman–Crippen MR) is 62.9 cm³/mol. The molecule has 0 amide bonds. The Labute approximate surface area is 96.5 Å². The van der Waals surface area contributed by atoms with Crippen molar-refractivity contribution in [3.63, 3.8) is 0 Å². The van der Waals surface area contributed by atoms with Crippen LogP contribution in [0.15, 0.2) is 24.3 Å². The van der Waals surface area contributed by atoms with E-state index < -0.39 is 0 Å². The molecular formula is C12H17ClFN. The highest BCUT2D eigenvalue weighted by Crippen LogP contribution is 2.16. The second-order valence-electron chi connectivity index (χ2n) is 4.03. The van der Waals surface area contributed by atoms with Gasteiger partial charge in [0.15, 0.2) is 0 Å². The fourth-order valence-electron chi connectivity index (χ4n) is 2.02. The van der Waals surface area contributed by atoms with Crippen molar-refractivity contribution in [3.8, 4) is 0 Å². The maximum atomic E-state index is 12.9. The Hall–Kier alpha value is -0.600. The average Bonchev–Trinajstić information content (AvgIpc) is 2.67. The van der Waals surface area contributed by atoms with Crippen LogP contribution in [0.3, 0.4) is 0 Å². The molecule has 1 atom stereocenters. The zero-order chi connectivity index (χ0) is 9.80. The maximum Gasteiger partial charge on any atom is 0.123 e. The first-order chi connectivity index (χ1) is 6.84. The summed E-state index contributed by atoms with van der Waals surface area (Å²) >= 11 is 0. The lowest BCUT2D eigenvalue weighted by Gasteiger charge is -2.07. The lowest BCUT2D eigenvalue weighted by atomic mass is 9.99. The normalized spacial score (nSPS) is 19.9. The number of benzene rings is 1. The summed E-state index contributed by atoms with van der Waals surface area (Å²) in [4.78, 5) is 0. The molecule has 1 aromatic carbocycles. The van der Waals surface area contributed by atoms with Gasteiger partial charge in [0, 0.05) is 0 Å². The second-order valence-corrected chi connectivity index (χ2v) is 4.03. The highest BCUT2D eigenvalue weighted by molar-refractivity contribution is 5.85. The fourth-order valence-corrected chi connectivity index (χ4v) is 2.02. The minimum Gasteiger partial charge on any atom is -0.316 e. The molecule has 0 spiro atoms. The van der Waals surface area contributed by atoms with Crippen LogP contribution in [0.25, 0.3) is 0 Å². The summed E-state index contributed by atoms with van der Waals surface area (Å²) in [5, 5.41) is 3.35. The summed E-state index contributed by atoms with van der Waals surface area (Å²) in [6, 6.07) is 6.94. The van der Waals surface area contributed by atoms with E-state index in [1.165, 1.54) is 18.9 Å². The van der Waals surface area contributed by atoms with Crippen LogP contribution in [0, 0.1) is 11.7 Å². The molecule has 1 aliphatic heterocycles. The van der Waals surface area contributed by atoms with Gasteiger partial charge in [-0.25, -0.2) is 4.39 Å². The average molecular weight is 230 g/mol. The molecule has 3 heteroatoms.